The van der Waals surface area contributed by atoms with Crippen molar-refractivity contribution in [3.63, 3.8) is 0 Å². The minimum absolute atomic E-state index is 0.00904. The van der Waals surface area contributed by atoms with E-state index in [9.17, 15) is 5.11 Å². The summed E-state index contributed by atoms with van der Waals surface area (Å²) in [7, 11) is 3.23. The Morgan fingerprint density at radius 2 is 0.909 bits per heavy atom. The van der Waals surface area contributed by atoms with Gasteiger partial charge in [-0.2, -0.15) is 0 Å². The van der Waals surface area contributed by atoms with E-state index >= 15 is 0 Å². The summed E-state index contributed by atoms with van der Waals surface area (Å²) in [6.45, 7) is 0. The average Bonchev–Trinajstić information content (AvgIpc) is 2.81. The van der Waals surface area contributed by atoms with Gasteiger partial charge in [0, 0.05) is 0 Å². The molecule has 3 rings (SSSR count). The topological polar surface area (TPSA) is 38.7 Å². The molecule has 0 aliphatic rings. The third kappa shape index (κ3) is 7.19. The van der Waals surface area contributed by atoms with Crippen molar-refractivity contribution in [2.75, 3.05) is 14.2 Å². The Hall–Kier alpha value is -0.620. The van der Waals surface area contributed by atoms with Crippen LogP contribution < -0.4 is 9.47 Å². The van der Waals surface area contributed by atoms with E-state index in [4.69, 9.17) is 102 Å². The van der Waals surface area contributed by atoms with Crippen LogP contribution in [0.15, 0.2) is 48.5 Å². The Kier molecular flexibility index (Phi) is 10.7. The molecule has 0 radical (unpaired) electrons. The van der Waals surface area contributed by atoms with Crippen molar-refractivity contribution in [1.29, 1.82) is 0 Å². The van der Waals surface area contributed by atoms with E-state index < -0.39 is 3.79 Å². The van der Waals surface area contributed by atoms with Gasteiger partial charge in [-0.25, -0.2) is 0 Å². The first-order chi connectivity index (χ1) is 15.4. The van der Waals surface area contributed by atoms with E-state index in [1.165, 1.54) is 0 Å². The van der Waals surface area contributed by atoms with Crippen molar-refractivity contribution in [3.05, 3.63) is 84.8 Å². The first-order valence-corrected chi connectivity index (χ1v) is 12.0. The van der Waals surface area contributed by atoms with Gasteiger partial charge >= 0.3 is 0 Å². The molecule has 0 atom stereocenters. The summed E-state index contributed by atoms with van der Waals surface area (Å²) < 4.78 is 8.85. The molecule has 3 nitrogen and oxygen atoms in total. The highest BCUT2D eigenvalue weighted by atomic mass is 35.6. The fraction of sp³-hybridized carbons (Fsp3) is 0.182. The number of hydrogen-bond acceptors (Lipinski definition) is 3. The van der Waals surface area contributed by atoms with Crippen LogP contribution in [0.5, 0.6) is 17.2 Å². The zero-order chi connectivity index (χ0) is 24.9. The summed E-state index contributed by atoms with van der Waals surface area (Å²) in [5.74, 6) is 0.783. The van der Waals surface area contributed by atoms with Crippen molar-refractivity contribution in [1.82, 2.24) is 0 Å². The lowest BCUT2D eigenvalue weighted by Crippen LogP contribution is -2.18. The lowest BCUT2D eigenvalue weighted by atomic mass is 9.92. The van der Waals surface area contributed by atoms with Gasteiger partial charge in [0.2, 0.25) is 3.79 Å². The smallest absolute Gasteiger partial charge is 0.201 e. The largest absolute Gasteiger partial charge is 0.505 e. The fourth-order valence-electron chi connectivity index (χ4n) is 2.76. The third-order valence-electron chi connectivity index (χ3n) is 4.41. The van der Waals surface area contributed by atoms with Gasteiger partial charge < -0.3 is 14.6 Å². The predicted molar refractivity (Wildman–Crippen MR) is 141 cm³/mol. The summed E-state index contributed by atoms with van der Waals surface area (Å²) >= 11 is 46.5. The summed E-state index contributed by atoms with van der Waals surface area (Å²) in [4.78, 5) is 0. The molecule has 0 aliphatic heterocycles. The van der Waals surface area contributed by atoms with Gasteiger partial charge in [-0.05, 0) is 35.4 Å². The number of phenols is 1. The molecular weight excluding hydrogens is 596 g/mol. The van der Waals surface area contributed by atoms with Crippen molar-refractivity contribution >= 4 is 92.8 Å². The van der Waals surface area contributed by atoms with Crippen LogP contribution in [0.2, 0.25) is 25.1 Å². The second-order valence-corrected chi connectivity index (χ2v) is 10.7. The van der Waals surface area contributed by atoms with E-state index in [-0.39, 0.29) is 36.8 Å². The fourth-order valence-corrected chi connectivity index (χ4v) is 4.64. The first-order valence-electron chi connectivity index (χ1n) is 8.97. The number of aromatic hydroxyl groups is 1. The normalized spacial score (nSPS) is 11.1. The maximum Gasteiger partial charge on any atom is 0.201 e. The van der Waals surface area contributed by atoms with E-state index in [1.54, 1.807) is 14.2 Å². The highest BCUT2D eigenvalue weighted by Crippen LogP contribution is 2.48. The van der Waals surface area contributed by atoms with Gasteiger partial charge in [-0.1, -0.05) is 117 Å². The van der Waals surface area contributed by atoms with Crippen LogP contribution in [0, 0.1) is 0 Å². The standard InChI is InChI=1S/C16H15Cl3O2.C6HCl5O/c1-20-13-7-3-11(4-8-13)15(16(17,18)19)12-5-9-14(21-2)10-6-12;7-1-2(8)4(10)6(12)5(11)3(1)9/h3-10,15H,1-2H3;12H. The van der Waals surface area contributed by atoms with Gasteiger partial charge in [0.15, 0.2) is 5.75 Å². The van der Waals surface area contributed by atoms with Crippen LogP contribution in [0.25, 0.3) is 0 Å². The monoisotopic (exact) mass is 608 g/mol. The molecule has 178 valence electrons. The predicted octanol–water partition coefficient (Wildman–Crippen LogP) is 9.87. The summed E-state index contributed by atoms with van der Waals surface area (Å²) in [6.07, 6.45) is 0. The molecule has 0 fully saturated rings. The summed E-state index contributed by atoms with van der Waals surface area (Å²) in [6, 6.07) is 15.0. The molecule has 0 aliphatic carbocycles. The van der Waals surface area contributed by atoms with Crippen molar-refractivity contribution in [2.24, 2.45) is 0 Å². The minimum Gasteiger partial charge on any atom is -0.505 e. The van der Waals surface area contributed by atoms with Crippen LogP contribution >= 0.6 is 92.8 Å². The Bertz CT molecular complexity index is 928. The number of hydrogen-bond donors (Lipinski definition) is 1. The quantitative estimate of drug-likeness (QED) is 0.181. The van der Waals surface area contributed by atoms with Crippen LogP contribution in [0.3, 0.4) is 0 Å². The lowest BCUT2D eigenvalue weighted by molar-refractivity contribution is 0.414. The molecule has 0 heterocycles. The highest BCUT2D eigenvalue weighted by molar-refractivity contribution is 6.68. The van der Waals surface area contributed by atoms with Crippen LogP contribution in [0.4, 0.5) is 0 Å². The molecule has 3 aromatic carbocycles. The second-order valence-electron chi connectivity index (χ2n) is 6.44. The first kappa shape index (κ1) is 28.6. The molecule has 0 amide bonds. The summed E-state index contributed by atoms with van der Waals surface area (Å²) in [5.41, 5.74) is 1.81. The maximum absolute atomic E-state index is 9.20. The van der Waals surface area contributed by atoms with Crippen LogP contribution in [0.1, 0.15) is 17.0 Å². The Morgan fingerprint density at radius 1 is 0.606 bits per heavy atom. The van der Waals surface area contributed by atoms with Crippen molar-refractivity contribution in [2.45, 2.75) is 9.71 Å². The van der Waals surface area contributed by atoms with E-state index in [0.717, 1.165) is 22.6 Å². The molecule has 0 aromatic heterocycles. The second kappa shape index (κ2) is 12.4. The Morgan fingerprint density at radius 3 is 1.18 bits per heavy atom. The van der Waals surface area contributed by atoms with E-state index in [1.807, 2.05) is 48.5 Å². The van der Waals surface area contributed by atoms with Crippen LogP contribution in [-0.2, 0) is 0 Å². The number of alkyl halides is 3. The average molecular weight is 612 g/mol. The van der Waals surface area contributed by atoms with Crippen molar-refractivity contribution in [3.8, 4) is 17.2 Å². The molecule has 1 N–H and O–H groups in total. The van der Waals surface area contributed by atoms with Gasteiger partial charge in [0.25, 0.3) is 0 Å². The SMILES string of the molecule is COc1ccc(C(c2ccc(OC)cc2)C(Cl)(Cl)Cl)cc1.Oc1c(Cl)c(Cl)c(Cl)c(Cl)c1Cl. The Labute approximate surface area is 231 Å². The zero-order valence-electron chi connectivity index (χ0n) is 17.0. The van der Waals surface area contributed by atoms with Gasteiger partial charge in [0.1, 0.15) is 21.5 Å². The summed E-state index contributed by atoms with van der Waals surface area (Å²) in [5, 5.41) is 9.01. The molecular formula is C22H16Cl8O3. The minimum atomic E-state index is -1.46. The molecule has 0 spiro atoms. The molecule has 0 saturated heterocycles. The maximum atomic E-state index is 9.20. The van der Waals surface area contributed by atoms with E-state index in [2.05, 4.69) is 0 Å². The molecule has 11 heteroatoms. The third-order valence-corrected chi connectivity index (χ3v) is 7.32. The Balaban J connectivity index is 0.000000273. The lowest BCUT2D eigenvalue weighted by Gasteiger charge is -2.25. The molecule has 0 unspecified atom stereocenters. The van der Waals surface area contributed by atoms with Gasteiger partial charge in [-0.15, -0.1) is 0 Å². The van der Waals surface area contributed by atoms with Gasteiger partial charge in [0.05, 0.1) is 35.2 Å². The molecule has 33 heavy (non-hydrogen) atoms. The highest BCUT2D eigenvalue weighted by Gasteiger charge is 2.35. The molecule has 0 bridgehead atoms. The molecule has 0 saturated carbocycles. The number of phenolic OH excluding ortho intramolecular Hbond substituents is 1. The van der Waals surface area contributed by atoms with E-state index in [0.29, 0.717) is 0 Å². The van der Waals surface area contributed by atoms with Gasteiger partial charge in [-0.3, -0.25) is 0 Å². The zero-order valence-corrected chi connectivity index (χ0v) is 23.0. The van der Waals surface area contributed by atoms with Crippen LogP contribution in [-0.4, -0.2) is 23.1 Å². The number of rotatable bonds is 4. The number of methoxy groups -OCH3 is 2. The number of ether oxygens (including phenoxy) is 2. The number of halogens is 8. The number of benzene rings is 3. The van der Waals surface area contributed by atoms with Crippen molar-refractivity contribution < 1.29 is 14.6 Å². The molecule has 3 aromatic rings.